The number of rotatable bonds is 5. The Balaban J connectivity index is 1.58. The molecule has 1 aliphatic carbocycles. The molecule has 0 spiro atoms. The number of hydrogen-bond donors (Lipinski definition) is 3. The van der Waals surface area contributed by atoms with Crippen LogP contribution in [0.1, 0.15) is 38.1 Å². The van der Waals surface area contributed by atoms with Crippen LogP contribution in [0, 0.1) is 0 Å². The van der Waals surface area contributed by atoms with Gasteiger partial charge >= 0.3 is 0 Å². The first kappa shape index (κ1) is 22.1. The van der Waals surface area contributed by atoms with E-state index in [1.165, 1.54) is 22.0 Å². The predicted molar refractivity (Wildman–Crippen MR) is 114 cm³/mol. The fourth-order valence-electron chi connectivity index (χ4n) is 4.34. The zero-order chi connectivity index (χ0) is 22.2. The highest BCUT2D eigenvalue weighted by atomic mass is 32.2. The van der Waals surface area contributed by atoms with E-state index >= 15 is 0 Å². The highest BCUT2D eigenvalue weighted by Gasteiger charge is 2.33. The van der Waals surface area contributed by atoms with Crippen LogP contribution in [-0.2, 0) is 10.2 Å². The molecule has 0 aromatic carbocycles. The van der Waals surface area contributed by atoms with Gasteiger partial charge in [0.05, 0.1) is 12.1 Å². The van der Waals surface area contributed by atoms with Gasteiger partial charge in [-0.25, -0.2) is 14.1 Å². The third-order valence-corrected chi connectivity index (χ3v) is 7.65. The maximum Gasteiger partial charge on any atom is 0.279 e. The lowest BCUT2D eigenvalue weighted by atomic mass is 9.91. The van der Waals surface area contributed by atoms with Crippen molar-refractivity contribution in [3.05, 3.63) is 28.7 Å². The maximum absolute atomic E-state index is 14.7. The van der Waals surface area contributed by atoms with Crippen LogP contribution in [0.2, 0.25) is 0 Å². The molecule has 1 saturated carbocycles. The summed E-state index contributed by atoms with van der Waals surface area (Å²) >= 11 is 0. The predicted octanol–water partition coefficient (Wildman–Crippen LogP) is 0.556. The van der Waals surface area contributed by atoms with Crippen LogP contribution in [0.5, 0.6) is 0 Å². The SMILES string of the molecule is CNS(=O)(=O)N1CCC(Nc2ncc3ccc(=O)n(C4CC(O)CCC4F)c3n2)CC1. The van der Waals surface area contributed by atoms with E-state index in [1.807, 2.05) is 0 Å². The molecular formula is C19H27FN6O4S. The summed E-state index contributed by atoms with van der Waals surface area (Å²) in [5.41, 5.74) is -0.0496. The lowest BCUT2D eigenvalue weighted by Gasteiger charge is -2.32. The largest absolute Gasteiger partial charge is 0.393 e. The van der Waals surface area contributed by atoms with Crippen molar-refractivity contribution in [2.24, 2.45) is 0 Å². The quantitative estimate of drug-likeness (QED) is 0.602. The molecule has 0 bridgehead atoms. The second-order valence-corrected chi connectivity index (χ2v) is 9.97. The van der Waals surface area contributed by atoms with Crippen LogP contribution >= 0.6 is 0 Å². The minimum atomic E-state index is -3.45. The Kier molecular flexibility index (Phi) is 6.24. The molecular weight excluding hydrogens is 427 g/mol. The molecule has 2 aromatic heterocycles. The van der Waals surface area contributed by atoms with Gasteiger partial charge < -0.3 is 10.4 Å². The molecule has 2 fully saturated rings. The van der Waals surface area contributed by atoms with Gasteiger partial charge in [-0.1, -0.05) is 0 Å². The number of anilines is 1. The van der Waals surface area contributed by atoms with Gasteiger partial charge in [0, 0.05) is 43.8 Å². The molecule has 170 valence electrons. The summed E-state index contributed by atoms with van der Waals surface area (Å²) in [6.45, 7) is 0.727. The van der Waals surface area contributed by atoms with Gasteiger partial charge in [0.2, 0.25) is 5.95 Å². The van der Waals surface area contributed by atoms with Gasteiger partial charge in [0.1, 0.15) is 11.8 Å². The highest BCUT2D eigenvalue weighted by Crippen LogP contribution is 2.32. The number of aliphatic hydroxyl groups excluding tert-OH is 1. The van der Waals surface area contributed by atoms with Crippen LogP contribution in [0.15, 0.2) is 23.1 Å². The lowest BCUT2D eigenvalue weighted by Crippen LogP contribution is -2.46. The molecule has 3 heterocycles. The number of alkyl halides is 1. The van der Waals surface area contributed by atoms with Gasteiger partial charge in [-0.15, -0.1) is 0 Å². The zero-order valence-electron chi connectivity index (χ0n) is 17.2. The second-order valence-electron chi connectivity index (χ2n) is 8.09. The first-order chi connectivity index (χ1) is 14.8. The number of pyridine rings is 1. The van der Waals surface area contributed by atoms with Gasteiger partial charge in [-0.3, -0.25) is 9.36 Å². The average Bonchev–Trinajstić information content (AvgIpc) is 2.76. The molecule has 10 nitrogen and oxygen atoms in total. The summed E-state index contributed by atoms with van der Waals surface area (Å²) in [6.07, 6.45) is 1.56. The zero-order valence-corrected chi connectivity index (χ0v) is 18.1. The number of aliphatic hydroxyl groups is 1. The summed E-state index contributed by atoms with van der Waals surface area (Å²) in [5, 5.41) is 13.8. The van der Waals surface area contributed by atoms with E-state index in [1.54, 1.807) is 12.3 Å². The van der Waals surface area contributed by atoms with E-state index < -0.39 is 28.5 Å². The van der Waals surface area contributed by atoms with Crippen molar-refractivity contribution in [3.63, 3.8) is 0 Å². The van der Waals surface area contributed by atoms with E-state index in [0.717, 1.165) is 0 Å². The first-order valence-electron chi connectivity index (χ1n) is 10.4. The molecule has 3 N–H and O–H groups in total. The molecule has 1 aliphatic heterocycles. The van der Waals surface area contributed by atoms with Crippen LogP contribution in [0.4, 0.5) is 10.3 Å². The third kappa shape index (κ3) is 4.56. The number of halogens is 1. The summed E-state index contributed by atoms with van der Waals surface area (Å²) in [6, 6.07) is 2.16. The van der Waals surface area contributed by atoms with Gasteiger partial charge in [-0.2, -0.15) is 17.7 Å². The molecule has 2 aromatic rings. The van der Waals surface area contributed by atoms with Crippen molar-refractivity contribution < 1.29 is 17.9 Å². The summed E-state index contributed by atoms with van der Waals surface area (Å²) in [5.74, 6) is 0.300. The average molecular weight is 455 g/mol. The van der Waals surface area contributed by atoms with Crippen molar-refractivity contribution in [1.82, 2.24) is 23.6 Å². The minimum Gasteiger partial charge on any atom is -0.393 e. The van der Waals surface area contributed by atoms with E-state index in [2.05, 4.69) is 20.0 Å². The van der Waals surface area contributed by atoms with Crippen LogP contribution in [-0.4, -0.2) is 70.8 Å². The van der Waals surface area contributed by atoms with Crippen LogP contribution in [0.3, 0.4) is 0 Å². The molecule has 3 atom stereocenters. The van der Waals surface area contributed by atoms with Crippen LogP contribution in [0.25, 0.3) is 11.0 Å². The number of aromatic nitrogens is 3. The van der Waals surface area contributed by atoms with E-state index in [4.69, 9.17) is 0 Å². The minimum absolute atomic E-state index is 0.0323. The normalized spacial score (nSPS) is 26.2. The summed E-state index contributed by atoms with van der Waals surface area (Å²) in [4.78, 5) is 21.4. The Morgan fingerprint density at radius 3 is 2.65 bits per heavy atom. The molecule has 12 heteroatoms. The number of piperidine rings is 1. The standard InChI is InChI=1S/C19H27FN6O4S/c1-21-31(29,30)25-8-6-13(7-9-25)23-19-22-11-12-2-5-17(28)26(18(12)24-19)16-10-14(27)3-4-15(16)20/h2,5,11,13-16,21,27H,3-4,6-10H2,1H3,(H,22,23,24). The molecule has 31 heavy (non-hydrogen) atoms. The van der Waals surface area contributed by atoms with Crippen molar-refractivity contribution >= 4 is 27.2 Å². The van der Waals surface area contributed by atoms with E-state index in [9.17, 15) is 22.7 Å². The third-order valence-electron chi connectivity index (χ3n) is 6.09. The molecule has 2 aliphatic rings. The number of hydrogen-bond acceptors (Lipinski definition) is 7. The summed E-state index contributed by atoms with van der Waals surface area (Å²) < 4.78 is 43.5. The topological polar surface area (TPSA) is 129 Å². The fraction of sp³-hybridized carbons (Fsp3) is 0.632. The van der Waals surface area contributed by atoms with Crippen LogP contribution < -0.4 is 15.6 Å². The Labute approximate surface area is 179 Å². The fourth-order valence-corrected chi connectivity index (χ4v) is 5.29. The smallest absolute Gasteiger partial charge is 0.279 e. The monoisotopic (exact) mass is 454 g/mol. The molecule has 4 rings (SSSR count). The van der Waals surface area contributed by atoms with Crippen molar-refractivity contribution in [1.29, 1.82) is 0 Å². The van der Waals surface area contributed by atoms with Gasteiger partial charge in [-0.05, 0) is 38.2 Å². The van der Waals surface area contributed by atoms with E-state index in [-0.39, 0.29) is 24.4 Å². The Bertz CT molecular complexity index is 1100. The van der Waals surface area contributed by atoms with Crippen molar-refractivity contribution in [3.8, 4) is 0 Å². The molecule has 1 saturated heterocycles. The molecule has 0 amide bonds. The Hall–Kier alpha value is -2.15. The number of nitrogens with zero attached hydrogens (tertiary/aromatic N) is 4. The molecule has 0 radical (unpaired) electrons. The van der Waals surface area contributed by atoms with E-state index in [0.29, 0.717) is 49.3 Å². The summed E-state index contributed by atoms with van der Waals surface area (Å²) in [7, 11) is -2.06. The molecule has 3 unspecified atom stereocenters. The number of fused-ring (bicyclic) bond motifs is 1. The lowest BCUT2D eigenvalue weighted by molar-refractivity contribution is 0.0555. The first-order valence-corrected chi connectivity index (χ1v) is 11.9. The second kappa shape index (κ2) is 8.77. The maximum atomic E-state index is 14.7. The van der Waals surface area contributed by atoms with Crippen molar-refractivity contribution in [2.75, 3.05) is 25.5 Å². The highest BCUT2D eigenvalue weighted by molar-refractivity contribution is 7.87. The number of nitrogens with one attached hydrogen (secondary N) is 2. The Morgan fingerprint density at radius 1 is 1.19 bits per heavy atom. The van der Waals surface area contributed by atoms with Gasteiger partial charge in [0.25, 0.3) is 15.8 Å². The van der Waals surface area contributed by atoms with Crippen molar-refractivity contribution in [2.45, 2.75) is 56.5 Å². The Morgan fingerprint density at radius 2 is 1.94 bits per heavy atom. The van der Waals surface area contributed by atoms with Gasteiger partial charge in [0.15, 0.2) is 0 Å².